The molecule has 2 N–H and O–H groups in total. The fourth-order valence-corrected chi connectivity index (χ4v) is 1.84. The van der Waals surface area contributed by atoms with Gasteiger partial charge in [-0.2, -0.15) is 0 Å². The van der Waals surface area contributed by atoms with Crippen molar-refractivity contribution >= 4 is 5.97 Å². The van der Waals surface area contributed by atoms with E-state index in [0.717, 1.165) is 19.3 Å². The SMILES string of the molecule is C#CC(CCC)NCC1CCC(C(=O)O)O1. The lowest BCUT2D eigenvalue weighted by atomic mass is 10.1. The van der Waals surface area contributed by atoms with E-state index in [1.165, 1.54) is 0 Å². The van der Waals surface area contributed by atoms with Crippen LogP contribution in [0.15, 0.2) is 0 Å². The van der Waals surface area contributed by atoms with Crippen LogP contribution in [0.4, 0.5) is 0 Å². The first kappa shape index (κ1) is 13.0. The van der Waals surface area contributed by atoms with Crippen LogP contribution in [0.1, 0.15) is 32.6 Å². The van der Waals surface area contributed by atoms with Gasteiger partial charge in [0, 0.05) is 6.54 Å². The van der Waals surface area contributed by atoms with Crippen LogP contribution >= 0.6 is 0 Å². The van der Waals surface area contributed by atoms with Crippen LogP contribution in [-0.2, 0) is 9.53 Å². The molecule has 1 heterocycles. The highest BCUT2D eigenvalue weighted by atomic mass is 16.5. The predicted molar refractivity (Wildman–Crippen MR) is 61.1 cm³/mol. The Morgan fingerprint density at radius 3 is 2.94 bits per heavy atom. The number of hydrogen-bond donors (Lipinski definition) is 2. The molecule has 3 atom stereocenters. The highest BCUT2D eigenvalue weighted by Gasteiger charge is 2.30. The molecule has 0 aromatic carbocycles. The van der Waals surface area contributed by atoms with Gasteiger partial charge in [-0.15, -0.1) is 6.42 Å². The van der Waals surface area contributed by atoms with Gasteiger partial charge in [0.25, 0.3) is 0 Å². The molecule has 1 aliphatic rings. The van der Waals surface area contributed by atoms with Gasteiger partial charge in [-0.1, -0.05) is 19.3 Å². The van der Waals surface area contributed by atoms with Crippen LogP contribution in [-0.4, -0.2) is 35.9 Å². The first-order valence-corrected chi connectivity index (χ1v) is 5.75. The van der Waals surface area contributed by atoms with E-state index in [-0.39, 0.29) is 12.1 Å². The summed E-state index contributed by atoms with van der Waals surface area (Å²) in [5.41, 5.74) is 0. The molecule has 3 unspecified atom stereocenters. The van der Waals surface area contributed by atoms with E-state index in [2.05, 4.69) is 18.2 Å². The number of carboxylic acids is 1. The monoisotopic (exact) mass is 225 g/mol. The summed E-state index contributed by atoms with van der Waals surface area (Å²) in [4.78, 5) is 10.7. The van der Waals surface area contributed by atoms with Crippen molar-refractivity contribution in [3.05, 3.63) is 0 Å². The molecule has 1 saturated heterocycles. The summed E-state index contributed by atoms with van der Waals surface area (Å²) >= 11 is 0. The van der Waals surface area contributed by atoms with E-state index in [1.807, 2.05) is 0 Å². The van der Waals surface area contributed by atoms with E-state index in [9.17, 15) is 4.79 Å². The highest BCUT2D eigenvalue weighted by Crippen LogP contribution is 2.19. The summed E-state index contributed by atoms with van der Waals surface area (Å²) in [5, 5.41) is 12.0. The van der Waals surface area contributed by atoms with Gasteiger partial charge in [-0.25, -0.2) is 4.79 Å². The zero-order valence-corrected chi connectivity index (χ0v) is 9.61. The number of nitrogens with one attached hydrogen (secondary N) is 1. The van der Waals surface area contributed by atoms with Crippen molar-refractivity contribution in [2.45, 2.75) is 50.9 Å². The standard InChI is InChI=1S/C12H19NO3/c1-3-5-9(4-2)13-8-10-6-7-11(16-10)12(14)15/h2,9-11,13H,3,5-8H2,1H3,(H,14,15). The summed E-state index contributed by atoms with van der Waals surface area (Å²) in [6.45, 7) is 2.72. The second kappa shape index (κ2) is 6.51. The molecule has 0 aromatic rings. The van der Waals surface area contributed by atoms with Gasteiger partial charge in [-0.3, -0.25) is 0 Å². The lowest BCUT2D eigenvalue weighted by Gasteiger charge is -2.16. The predicted octanol–water partition coefficient (Wildman–Crippen LogP) is 1.01. The lowest BCUT2D eigenvalue weighted by molar-refractivity contribution is -0.149. The van der Waals surface area contributed by atoms with Crippen LogP contribution in [0.3, 0.4) is 0 Å². The third-order valence-electron chi connectivity index (χ3n) is 2.75. The molecule has 90 valence electrons. The Kier molecular flexibility index (Phi) is 5.30. The zero-order valence-electron chi connectivity index (χ0n) is 9.61. The van der Waals surface area contributed by atoms with Gasteiger partial charge in [0.05, 0.1) is 12.1 Å². The summed E-state index contributed by atoms with van der Waals surface area (Å²) in [5.74, 6) is 1.81. The Hall–Kier alpha value is -1.05. The van der Waals surface area contributed by atoms with Crippen molar-refractivity contribution in [2.24, 2.45) is 0 Å². The summed E-state index contributed by atoms with van der Waals surface area (Å²) in [6, 6.07) is 0.0671. The molecule has 1 rings (SSSR count). The Morgan fingerprint density at radius 2 is 2.44 bits per heavy atom. The number of carboxylic acid groups (broad SMARTS) is 1. The number of aliphatic carboxylic acids is 1. The molecule has 0 aliphatic carbocycles. The fraction of sp³-hybridized carbons (Fsp3) is 0.750. The number of hydrogen-bond acceptors (Lipinski definition) is 3. The average molecular weight is 225 g/mol. The van der Waals surface area contributed by atoms with Gasteiger partial charge < -0.3 is 15.2 Å². The number of rotatable bonds is 6. The van der Waals surface area contributed by atoms with Crippen LogP contribution in [0.5, 0.6) is 0 Å². The van der Waals surface area contributed by atoms with E-state index < -0.39 is 12.1 Å². The van der Waals surface area contributed by atoms with Crippen LogP contribution in [0, 0.1) is 12.3 Å². The Bertz CT molecular complexity index is 272. The van der Waals surface area contributed by atoms with Crippen molar-refractivity contribution in [1.29, 1.82) is 0 Å². The molecule has 0 saturated carbocycles. The highest BCUT2D eigenvalue weighted by molar-refractivity contribution is 5.72. The molecule has 16 heavy (non-hydrogen) atoms. The molecule has 4 nitrogen and oxygen atoms in total. The third kappa shape index (κ3) is 3.84. The van der Waals surface area contributed by atoms with Crippen LogP contribution in [0.25, 0.3) is 0 Å². The molecule has 0 radical (unpaired) electrons. The van der Waals surface area contributed by atoms with Crippen LogP contribution < -0.4 is 5.32 Å². The Balaban J connectivity index is 2.24. The van der Waals surface area contributed by atoms with Crippen molar-refractivity contribution < 1.29 is 14.6 Å². The smallest absolute Gasteiger partial charge is 0.332 e. The zero-order chi connectivity index (χ0) is 12.0. The van der Waals surface area contributed by atoms with Gasteiger partial charge >= 0.3 is 5.97 Å². The minimum Gasteiger partial charge on any atom is -0.479 e. The maximum atomic E-state index is 10.7. The fourth-order valence-electron chi connectivity index (χ4n) is 1.84. The van der Waals surface area contributed by atoms with Gasteiger partial charge in [0.15, 0.2) is 6.10 Å². The molecule has 4 heteroatoms. The molecule has 1 aliphatic heterocycles. The summed E-state index contributed by atoms with van der Waals surface area (Å²) < 4.78 is 5.37. The average Bonchev–Trinajstić information content (AvgIpc) is 2.73. The summed E-state index contributed by atoms with van der Waals surface area (Å²) in [6.07, 6.45) is 8.06. The Morgan fingerprint density at radius 1 is 1.69 bits per heavy atom. The number of carbonyl (C=O) groups is 1. The Labute approximate surface area is 96.4 Å². The first-order valence-electron chi connectivity index (χ1n) is 5.75. The number of terminal acetylenes is 1. The lowest BCUT2D eigenvalue weighted by Crippen LogP contribution is -2.35. The maximum absolute atomic E-state index is 10.7. The van der Waals surface area contributed by atoms with Crippen molar-refractivity contribution in [3.63, 3.8) is 0 Å². The van der Waals surface area contributed by atoms with Crippen molar-refractivity contribution in [2.75, 3.05) is 6.54 Å². The van der Waals surface area contributed by atoms with E-state index >= 15 is 0 Å². The molecule has 0 spiro atoms. The molecule has 0 aromatic heterocycles. The first-order chi connectivity index (χ1) is 7.67. The van der Waals surface area contributed by atoms with E-state index in [1.54, 1.807) is 0 Å². The molecular formula is C12H19NO3. The van der Waals surface area contributed by atoms with E-state index in [0.29, 0.717) is 13.0 Å². The summed E-state index contributed by atoms with van der Waals surface area (Å²) in [7, 11) is 0. The quantitative estimate of drug-likeness (QED) is 0.662. The molecule has 0 bridgehead atoms. The normalized spacial score (nSPS) is 26.2. The molecule has 1 fully saturated rings. The van der Waals surface area contributed by atoms with Gasteiger partial charge in [0.1, 0.15) is 0 Å². The molecule has 0 amide bonds. The van der Waals surface area contributed by atoms with Crippen molar-refractivity contribution in [3.8, 4) is 12.3 Å². The van der Waals surface area contributed by atoms with E-state index in [4.69, 9.17) is 16.3 Å². The second-order valence-electron chi connectivity index (χ2n) is 4.08. The van der Waals surface area contributed by atoms with Crippen molar-refractivity contribution in [1.82, 2.24) is 5.32 Å². The van der Waals surface area contributed by atoms with Gasteiger partial charge in [-0.05, 0) is 19.3 Å². The van der Waals surface area contributed by atoms with Gasteiger partial charge in [0.2, 0.25) is 0 Å². The van der Waals surface area contributed by atoms with Crippen LogP contribution in [0.2, 0.25) is 0 Å². The minimum atomic E-state index is -0.871. The molecular weight excluding hydrogens is 206 g/mol. The topological polar surface area (TPSA) is 58.6 Å². The second-order valence-corrected chi connectivity index (χ2v) is 4.08. The third-order valence-corrected chi connectivity index (χ3v) is 2.75. The number of ether oxygens (including phenoxy) is 1. The minimum absolute atomic E-state index is 0.0196. The maximum Gasteiger partial charge on any atom is 0.332 e. The largest absolute Gasteiger partial charge is 0.479 e.